The molecule has 0 atom stereocenters. The number of nitrogens with zero attached hydrogens (tertiary/aromatic N) is 2. The highest BCUT2D eigenvalue weighted by Crippen LogP contribution is 2.10. The molecule has 0 amide bonds. The van der Waals surface area contributed by atoms with E-state index in [-0.39, 0.29) is 0 Å². The fraction of sp³-hybridized carbons (Fsp3) is 1.00. The van der Waals surface area contributed by atoms with Gasteiger partial charge < -0.3 is 4.90 Å². The van der Waals surface area contributed by atoms with Crippen molar-refractivity contribution in [3.05, 3.63) is 0 Å². The van der Waals surface area contributed by atoms with Gasteiger partial charge in [0.15, 0.2) is 0 Å². The molecule has 3 heteroatoms. The van der Waals surface area contributed by atoms with Crippen molar-refractivity contribution in [1.82, 2.24) is 9.21 Å². The Hall–Kier alpha value is 0.270. The van der Waals surface area contributed by atoms with Crippen LogP contribution in [0.1, 0.15) is 20.3 Å². The van der Waals surface area contributed by atoms with Crippen LogP contribution in [0.5, 0.6) is 0 Å². The van der Waals surface area contributed by atoms with Gasteiger partial charge in [-0.1, -0.05) is 11.9 Å². The smallest absolute Gasteiger partial charge is 0.0145 e. The zero-order valence-electron chi connectivity index (χ0n) is 9.00. The summed E-state index contributed by atoms with van der Waals surface area (Å²) in [5.41, 5.74) is 0. The van der Waals surface area contributed by atoms with Crippen molar-refractivity contribution in [2.45, 2.75) is 26.3 Å². The van der Waals surface area contributed by atoms with Crippen LogP contribution in [0.15, 0.2) is 0 Å². The van der Waals surface area contributed by atoms with Gasteiger partial charge in [-0.2, -0.15) is 0 Å². The molecule has 0 heterocycles. The molecule has 0 fully saturated rings. The highest BCUT2D eigenvalue weighted by Gasteiger charge is 2.06. The Kier molecular flexibility index (Phi) is 6.90. The minimum Gasteiger partial charge on any atom is -0.309 e. The summed E-state index contributed by atoms with van der Waals surface area (Å²) < 4.78 is 2.42. The Balaban J connectivity index is 3.45. The van der Waals surface area contributed by atoms with Gasteiger partial charge in [-0.3, -0.25) is 0 Å². The van der Waals surface area contributed by atoms with E-state index in [0.717, 1.165) is 0 Å². The summed E-state index contributed by atoms with van der Waals surface area (Å²) in [6.07, 6.45) is 3.40. The van der Waals surface area contributed by atoms with Crippen molar-refractivity contribution >= 4 is 11.9 Å². The van der Waals surface area contributed by atoms with Gasteiger partial charge in [0, 0.05) is 12.6 Å². The van der Waals surface area contributed by atoms with Crippen molar-refractivity contribution in [3.63, 3.8) is 0 Å². The molecule has 0 unspecified atom stereocenters. The SMILES string of the molecule is CSN(CCCN(C)C)C(C)C. The van der Waals surface area contributed by atoms with E-state index in [1.807, 2.05) is 11.9 Å². The predicted octanol–water partition coefficient (Wildman–Crippen LogP) is 1.93. The third kappa shape index (κ3) is 5.86. The molecule has 0 aliphatic heterocycles. The molecule has 0 aromatic carbocycles. The molecule has 0 spiro atoms. The second-order valence-corrected chi connectivity index (χ2v) is 4.41. The van der Waals surface area contributed by atoms with Crippen LogP contribution in [-0.4, -0.2) is 48.7 Å². The Labute approximate surface area is 81.4 Å². The Bertz CT molecular complexity index is 105. The maximum atomic E-state index is 2.42. The van der Waals surface area contributed by atoms with Crippen LogP contribution in [0.2, 0.25) is 0 Å². The second kappa shape index (κ2) is 6.75. The van der Waals surface area contributed by atoms with Gasteiger partial charge in [0.25, 0.3) is 0 Å². The first-order chi connectivity index (χ1) is 5.57. The van der Waals surface area contributed by atoms with Gasteiger partial charge in [-0.25, -0.2) is 4.31 Å². The summed E-state index contributed by atoms with van der Waals surface area (Å²) in [7, 11) is 4.25. The van der Waals surface area contributed by atoms with E-state index in [1.165, 1.54) is 19.5 Å². The average molecular weight is 190 g/mol. The first-order valence-electron chi connectivity index (χ1n) is 4.53. The van der Waals surface area contributed by atoms with Crippen LogP contribution in [0, 0.1) is 0 Å². The van der Waals surface area contributed by atoms with Crippen LogP contribution in [-0.2, 0) is 0 Å². The standard InChI is InChI=1S/C9H22N2S/c1-9(2)11(12-5)8-6-7-10(3)4/h9H,6-8H2,1-5H3. The highest BCUT2D eigenvalue weighted by atomic mass is 32.2. The molecule has 12 heavy (non-hydrogen) atoms. The van der Waals surface area contributed by atoms with Crippen molar-refractivity contribution in [3.8, 4) is 0 Å². The third-order valence-electron chi connectivity index (χ3n) is 1.79. The summed E-state index contributed by atoms with van der Waals surface area (Å²) in [5.74, 6) is 0. The molecule has 0 rings (SSSR count). The molecule has 0 aromatic heterocycles. The minimum absolute atomic E-state index is 0.655. The summed E-state index contributed by atoms with van der Waals surface area (Å²) in [5, 5.41) is 0. The fourth-order valence-corrected chi connectivity index (χ4v) is 1.84. The van der Waals surface area contributed by atoms with E-state index in [9.17, 15) is 0 Å². The minimum atomic E-state index is 0.655. The lowest BCUT2D eigenvalue weighted by atomic mass is 10.3. The molecule has 2 nitrogen and oxygen atoms in total. The zero-order chi connectivity index (χ0) is 9.56. The van der Waals surface area contributed by atoms with Crippen LogP contribution in [0.25, 0.3) is 0 Å². The van der Waals surface area contributed by atoms with Crippen LogP contribution >= 0.6 is 11.9 Å². The molecule has 0 radical (unpaired) electrons. The molecule has 0 saturated heterocycles. The van der Waals surface area contributed by atoms with Gasteiger partial charge in [0.05, 0.1) is 0 Å². The highest BCUT2D eigenvalue weighted by molar-refractivity contribution is 7.96. The molecular formula is C9H22N2S. The first kappa shape index (κ1) is 12.3. The molecule has 0 N–H and O–H groups in total. The van der Waals surface area contributed by atoms with E-state index in [4.69, 9.17) is 0 Å². The van der Waals surface area contributed by atoms with E-state index < -0.39 is 0 Å². The van der Waals surface area contributed by atoms with E-state index in [0.29, 0.717) is 6.04 Å². The first-order valence-corrected chi connectivity index (χ1v) is 5.71. The summed E-state index contributed by atoms with van der Waals surface area (Å²) in [6, 6.07) is 0.655. The van der Waals surface area contributed by atoms with Crippen LogP contribution in [0.3, 0.4) is 0 Å². The van der Waals surface area contributed by atoms with Gasteiger partial charge >= 0.3 is 0 Å². The molecule has 0 aliphatic rings. The zero-order valence-corrected chi connectivity index (χ0v) is 9.82. The molecular weight excluding hydrogens is 168 g/mol. The molecule has 0 saturated carbocycles. The number of rotatable bonds is 6. The number of hydrogen-bond acceptors (Lipinski definition) is 3. The van der Waals surface area contributed by atoms with E-state index in [1.54, 1.807) is 0 Å². The summed E-state index contributed by atoms with van der Waals surface area (Å²) >= 11 is 1.84. The fourth-order valence-electron chi connectivity index (χ4n) is 1.10. The lowest BCUT2D eigenvalue weighted by Crippen LogP contribution is -2.27. The summed E-state index contributed by atoms with van der Waals surface area (Å²) in [4.78, 5) is 2.23. The van der Waals surface area contributed by atoms with Crippen molar-refractivity contribution in [2.24, 2.45) is 0 Å². The predicted molar refractivity (Wildman–Crippen MR) is 58.5 cm³/mol. The van der Waals surface area contributed by atoms with Crippen molar-refractivity contribution in [1.29, 1.82) is 0 Å². The maximum Gasteiger partial charge on any atom is 0.0145 e. The Morgan fingerprint density at radius 1 is 1.17 bits per heavy atom. The molecule has 0 bridgehead atoms. The van der Waals surface area contributed by atoms with E-state index in [2.05, 4.69) is 43.4 Å². The lowest BCUT2D eigenvalue weighted by Gasteiger charge is -2.23. The van der Waals surface area contributed by atoms with Gasteiger partial charge in [0.1, 0.15) is 0 Å². The largest absolute Gasteiger partial charge is 0.309 e. The van der Waals surface area contributed by atoms with Crippen LogP contribution in [0.4, 0.5) is 0 Å². The van der Waals surface area contributed by atoms with E-state index >= 15 is 0 Å². The van der Waals surface area contributed by atoms with Crippen molar-refractivity contribution < 1.29 is 0 Å². The maximum absolute atomic E-state index is 2.42. The number of hydrogen-bond donors (Lipinski definition) is 0. The van der Waals surface area contributed by atoms with Crippen LogP contribution < -0.4 is 0 Å². The Morgan fingerprint density at radius 3 is 2.08 bits per heavy atom. The normalized spacial score (nSPS) is 12.0. The molecule has 74 valence electrons. The van der Waals surface area contributed by atoms with Gasteiger partial charge in [0.2, 0.25) is 0 Å². The topological polar surface area (TPSA) is 6.48 Å². The average Bonchev–Trinajstić information content (AvgIpc) is 1.96. The monoisotopic (exact) mass is 190 g/mol. The molecule has 0 aliphatic carbocycles. The quantitative estimate of drug-likeness (QED) is 0.591. The van der Waals surface area contributed by atoms with Crippen molar-refractivity contribution in [2.75, 3.05) is 33.4 Å². The molecule has 0 aromatic rings. The second-order valence-electron chi connectivity index (χ2n) is 3.57. The summed E-state index contributed by atoms with van der Waals surface area (Å²) in [6.45, 7) is 6.86. The van der Waals surface area contributed by atoms with Gasteiger partial charge in [-0.15, -0.1) is 0 Å². The lowest BCUT2D eigenvalue weighted by molar-refractivity contribution is 0.340. The Morgan fingerprint density at radius 2 is 1.75 bits per heavy atom. The third-order valence-corrected chi connectivity index (χ3v) is 2.87. The van der Waals surface area contributed by atoms with Gasteiger partial charge in [-0.05, 0) is 47.2 Å².